The molecule has 0 aliphatic rings. The number of aromatic nitrogens is 2. The first kappa shape index (κ1) is 2.17. The highest BCUT2D eigenvalue weighted by Crippen LogP contribution is 2.07. The maximum absolute atomic E-state index is 7.34. The molecule has 1 aromatic rings. The topological polar surface area (TPSA) is 29.0 Å². The van der Waals surface area contributed by atoms with Crippen molar-refractivity contribution in [3.63, 3.8) is 0 Å². The first-order valence-electron chi connectivity index (χ1n) is 6.25. The van der Waals surface area contributed by atoms with E-state index in [0.29, 0.717) is 0 Å². The lowest BCUT2D eigenvalue weighted by Crippen LogP contribution is -2.12. The fraction of sp³-hybridized carbons (Fsp3) is 0.333. The van der Waals surface area contributed by atoms with Crippen molar-refractivity contribution in [1.29, 1.82) is 0 Å². The van der Waals surface area contributed by atoms with Crippen LogP contribution in [0.5, 0.6) is 0 Å². The highest BCUT2D eigenvalue weighted by atomic mass is 79.9. The highest BCUT2D eigenvalue weighted by molar-refractivity contribution is 9.10. The normalized spacial score (nSPS) is 23.7. The molecule has 54 valence electrons. The number of halogens is 1. The van der Waals surface area contributed by atoms with Crippen LogP contribution in [0.3, 0.4) is 0 Å². The number of nitrogens with zero attached hydrogens (tertiary/aromatic N) is 3. The lowest BCUT2D eigenvalue weighted by atomic mass is 10.6. The number of anilines is 1. The van der Waals surface area contributed by atoms with Crippen molar-refractivity contribution in [2.45, 2.75) is 0 Å². The molecule has 10 heavy (non-hydrogen) atoms. The minimum atomic E-state index is -2.99. The summed E-state index contributed by atoms with van der Waals surface area (Å²) in [5.41, 5.74) is 0. The number of hydrogen-bond donors (Lipinski definition) is 0. The van der Waals surface area contributed by atoms with Crippen molar-refractivity contribution in [3.8, 4) is 0 Å². The second-order valence-corrected chi connectivity index (χ2v) is 2.14. The Balaban J connectivity index is 3.41. The van der Waals surface area contributed by atoms with Crippen LogP contribution in [0.1, 0.15) is 11.0 Å². The van der Waals surface area contributed by atoms with E-state index in [1.807, 2.05) is 0 Å². The Morgan fingerprint density at radius 2 is 2.60 bits per heavy atom. The summed E-state index contributed by atoms with van der Waals surface area (Å²) in [4.78, 5) is 7.04. The van der Waals surface area contributed by atoms with Gasteiger partial charge in [0.05, 0.1) is 2.74 Å². The van der Waals surface area contributed by atoms with Crippen LogP contribution in [0.2, 0.25) is 0 Å². The largest absolute Gasteiger partial charge is 0.347 e. The molecule has 1 heterocycles. The third kappa shape index (κ3) is 1.67. The maximum atomic E-state index is 7.34. The van der Waals surface area contributed by atoms with E-state index in [2.05, 4.69) is 25.9 Å². The van der Waals surface area contributed by atoms with Crippen LogP contribution in [0.25, 0.3) is 0 Å². The average molecular weight is 210 g/mol. The average Bonchev–Trinajstić information content (AvgIpc) is 2.08. The molecule has 0 amide bonds. The molecule has 0 aliphatic carbocycles. The zero-order valence-electron chi connectivity index (χ0n) is 12.7. The highest BCUT2D eigenvalue weighted by Gasteiger charge is 1.96. The van der Waals surface area contributed by atoms with Gasteiger partial charge < -0.3 is 4.90 Å². The van der Waals surface area contributed by atoms with Gasteiger partial charge in [-0.25, -0.2) is 9.97 Å². The lowest BCUT2D eigenvalue weighted by Gasteiger charge is -2.08. The van der Waals surface area contributed by atoms with E-state index in [4.69, 9.17) is 11.0 Å². The van der Waals surface area contributed by atoms with Gasteiger partial charge in [-0.05, 0) is 22.0 Å². The summed E-state index contributed by atoms with van der Waals surface area (Å²) in [5, 5.41) is 0. The van der Waals surface area contributed by atoms with Crippen molar-refractivity contribution in [2.75, 3.05) is 18.9 Å². The Morgan fingerprint density at radius 1 is 1.80 bits per heavy atom. The molecule has 0 radical (unpaired) electrons. The Hall–Kier alpha value is -0.640. The molecule has 0 saturated heterocycles. The molecule has 0 unspecified atom stereocenters. The van der Waals surface area contributed by atoms with Gasteiger partial charge in [0, 0.05) is 28.3 Å². The molecule has 1 aromatic heterocycles. The van der Waals surface area contributed by atoms with E-state index >= 15 is 0 Å². The monoisotopic (exact) mass is 209 g/mol. The van der Waals surface area contributed by atoms with Crippen LogP contribution >= 0.6 is 15.9 Å². The SMILES string of the molecule is [2H]c1nc(N(C([2H])([2H])[2H])C([2H])([2H])[2H])nc(Br)c1[2H]. The Morgan fingerprint density at radius 3 is 3.20 bits per heavy atom. The molecule has 0 bridgehead atoms. The van der Waals surface area contributed by atoms with Crippen LogP contribution in [-0.2, 0) is 0 Å². The van der Waals surface area contributed by atoms with Crippen LogP contribution in [0.4, 0.5) is 5.95 Å². The Labute approximate surface area is 79.5 Å². The van der Waals surface area contributed by atoms with Gasteiger partial charge in [-0.2, -0.15) is 0 Å². The molecule has 0 saturated carbocycles. The van der Waals surface area contributed by atoms with Crippen LogP contribution in [-0.4, -0.2) is 23.9 Å². The van der Waals surface area contributed by atoms with Gasteiger partial charge in [-0.1, -0.05) is 0 Å². The molecule has 0 fully saturated rings. The van der Waals surface area contributed by atoms with E-state index < -0.39 is 26.1 Å². The molecule has 0 aromatic carbocycles. The summed E-state index contributed by atoms with van der Waals surface area (Å²) >= 11 is 2.85. The van der Waals surface area contributed by atoms with Gasteiger partial charge >= 0.3 is 0 Å². The van der Waals surface area contributed by atoms with Gasteiger partial charge in [0.2, 0.25) is 5.95 Å². The van der Waals surface area contributed by atoms with Crippen molar-refractivity contribution < 1.29 is 11.0 Å². The first-order valence-corrected chi connectivity index (χ1v) is 3.05. The standard InChI is InChI=1S/C6H8BrN3/c1-10(2)6-8-4-3-5(7)9-6/h3-4H,1-2H3/i1D3,2D3,3D,4D. The molecule has 0 N–H and O–H groups in total. The summed E-state index contributed by atoms with van der Waals surface area (Å²) in [5.74, 6) is -0.650. The zero-order valence-corrected chi connectivity index (χ0v) is 6.31. The summed E-state index contributed by atoms with van der Waals surface area (Å²) in [7, 11) is 0. The van der Waals surface area contributed by atoms with Crippen molar-refractivity contribution in [1.82, 2.24) is 9.97 Å². The van der Waals surface area contributed by atoms with Crippen LogP contribution in [0.15, 0.2) is 16.8 Å². The van der Waals surface area contributed by atoms with Gasteiger partial charge in [0.1, 0.15) is 4.60 Å². The third-order valence-corrected chi connectivity index (χ3v) is 1.09. The van der Waals surface area contributed by atoms with Gasteiger partial charge in [-0.15, -0.1) is 0 Å². The van der Waals surface area contributed by atoms with Gasteiger partial charge in [0.15, 0.2) is 0 Å². The molecular formula is C6H8BrN3. The number of rotatable bonds is 1. The van der Waals surface area contributed by atoms with E-state index in [9.17, 15) is 0 Å². The van der Waals surface area contributed by atoms with E-state index in [-0.39, 0.29) is 15.5 Å². The zero-order chi connectivity index (χ0) is 14.3. The minimum Gasteiger partial charge on any atom is -0.347 e. The summed E-state index contributed by atoms with van der Waals surface area (Å²) < 4.78 is 57.6. The first-order chi connectivity index (χ1) is 7.94. The minimum absolute atomic E-state index is 0.0578. The smallest absolute Gasteiger partial charge is 0.225 e. The fourth-order valence-corrected chi connectivity index (χ4v) is 0.612. The van der Waals surface area contributed by atoms with E-state index in [1.165, 1.54) is 0 Å². The molecule has 0 spiro atoms. The van der Waals surface area contributed by atoms with Gasteiger partial charge in [0.25, 0.3) is 0 Å². The molecule has 0 atom stereocenters. The summed E-state index contributed by atoms with van der Waals surface area (Å²) in [6.45, 7) is -5.97. The molecule has 1 rings (SSSR count). The van der Waals surface area contributed by atoms with E-state index in [0.717, 1.165) is 0 Å². The molecule has 0 aliphatic heterocycles. The van der Waals surface area contributed by atoms with Crippen molar-refractivity contribution >= 4 is 21.9 Å². The summed E-state index contributed by atoms with van der Waals surface area (Å²) in [6, 6.07) is -0.352. The van der Waals surface area contributed by atoms with Crippen molar-refractivity contribution in [2.24, 2.45) is 0 Å². The Bertz CT molecular complexity index is 418. The van der Waals surface area contributed by atoms with Crippen LogP contribution in [0, 0.1) is 0 Å². The molecule has 4 heteroatoms. The fourth-order valence-electron chi connectivity index (χ4n) is 0.365. The second-order valence-electron chi connectivity index (χ2n) is 1.39. The van der Waals surface area contributed by atoms with Crippen LogP contribution < -0.4 is 4.90 Å². The Kier molecular flexibility index (Phi) is 0.643. The lowest BCUT2D eigenvalue weighted by molar-refractivity contribution is 0.988. The predicted octanol–water partition coefficient (Wildman–Crippen LogP) is 1.31. The second kappa shape index (κ2) is 2.96. The van der Waals surface area contributed by atoms with Crippen molar-refractivity contribution in [3.05, 3.63) is 16.8 Å². The van der Waals surface area contributed by atoms with E-state index in [1.54, 1.807) is 0 Å². The predicted molar refractivity (Wildman–Crippen MR) is 44.1 cm³/mol. The summed E-state index contributed by atoms with van der Waals surface area (Å²) in [6.07, 6.45) is -0.564. The number of hydrogen-bond acceptors (Lipinski definition) is 3. The molecule has 3 nitrogen and oxygen atoms in total. The quantitative estimate of drug-likeness (QED) is 0.654. The van der Waals surface area contributed by atoms with Gasteiger partial charge in [-0.3, -0.25) is 0 Å². The molecular weight excluding hydrogens is 194 g/mol. The third-order valence-electron chi connectivity index (χ3n) is 0.713. The maximum Gasteiger partial charge on any atom is 0.225 e.